The van der Waals surface area contributed by atoms with Gasteiger partial charge in [0, 0.05) is 22.1 Å². The molecule has 1 aliphatic rings. The molecule has 4 nitrogen and oxygen atoms in total. The molecular weight excluding hydrogens is 450 g/mol. The van der Waals surface area contributed by atoms with E-state index < -0.39 is 0 Å². The molecule has 2 heterocycles. The number of aromatic amines is 1. The number of benzene rings is 3. The van der Waals surface area contributed by atoms with Crippen LogP contribution in [0.15, 0.2) is 77.3 Å². The van der Waals surface area contributed by atoms with Crippen molar-refractivity contribution in [3.63, 3.8) is 0 Å². The number of rotatable bonds is 4. The maximum atomic E-state index is 13.5. The molecule has 5 rings (SSSR count). The minimum absolute atomic E-state index is 0.0191. The number of nitrogens with one attached hydrogen (secondary N) is 1. The van der Waals surface area contributed by atoms with Gasteiger partial charge in [-0.2, -0.15) is 5.10 Å². The molecule has 1 N–H and O–H groups in total. The van der Waals surface area contributed by atoms with Crippen LogP contribution in [0.5, 0.6) is 0 Å². The van der Waals surface area contributed by atoms with Gasteiger partial charge >= 0.3 is 0 Å². The highest BCUT2D eigenvalue weighted by Crippen LogP contribution is 2.43. The van der Waals surface area contributed by atoms with Crippen LogP contribution in [0.2, 0.25) is 0 Å². The molecule has 1 aromatic heterocycles. The molecule has 0 saturated carbocycles. The Morgan fingerprint density at radius 2 is 1.52 bits per heavy atom. The summed E-state index contributed by atoms with van der Waals surface area (Å²) >= 11 is 3.52. The second-order valence-electron chi connectivity index (χ2n) is 8.10. The lowest BCUT2D eigenvalue weighted by Gasteiger charge is -2.26. The number of aryl methyl sites for hydroxylation is 2. The number of halogens is 1. The van der Waals surface area contributed by atoms with E-state index in [4.69, 9.17) is 0 Å². The lowest BCUT2D eigenvalue weighted by atomic mass is 9.95. The van der Waals surface area contributed by atoms with E-state index in [1.54, 1.807) is 0 Å². The first-order chi connectivity index (χ1) is 15.0. The monoisotopic (exact) mass is 471 g/mol. The fourth-order valence-corrected chi connectivity index (χ4v) is 4.44. The molecule has 1 aliphatic heterocycles. The molecule has 31 heavy (non-hydrogen) atoms. The number of aromatic nitrogens is 2. The van der Waals surface area contributed by atoms with E-state index >= 15 is 0 Å². The number of hydrogen-bond donors (Lipinski definition) is 1. The Labute approximate surface area is 190 Å². The summed E-state index contributed by atoms with van der Waals surface area (Å²) in [6.45, 7) is 4.67. The van der Waals surface area contributed by atoms with Crippen molar-refractivity contribution < 1.29 is 4.79 Å². The Morgan fingerprint density at radius 1 is 0.903 bits per heavy atom. The van der Waals surface area contributed by atoms with E-state index in [-0.39, 0.29) is 11.9 Å². The standard InChI is InChI=1S/C26H22BrN3O/c1-16-3-7-18(8-4-16)15-30-25(20-11-13-21(27)14-12-20)22-23(28-29-24(22)26(30)31)19-9-5-17(2)6-10-19/h3-14,25H,15H2,1-2H3,(H,28,29). The third-order valence-corrected chi connectivity index (χ3v) is 6.38. The molecular formula is C26H22BrN3O. The van der Waals surface area contributed by atoms with Gasteiger partial charge in [0.1, 0.15) is 5.69 Å². The maximum absolute atomic E-state index is 13.5. The summed E-state index contributed by atoms with van der Waals surface area (Å²) in [4.78, 5) is 15.4. The minimum Gasteiger partial charge on any atom is -0.322 e. The van der Waals surface area contributed by atoms with Crippen LogP contribution < -0.4 is 0 Å². The number of fused-ring (bicyclic) bond motifs is 1. The summed E-state index contributed by atoms with van der Waals surface area (Å²) < 4.78 is 1.01. The molecule has 0 bridgehead atoms. The van der Waals surface area contributed by atoms with E-state index in [0.29, 0.717) is 12.2 Å². The topological polar surface area (TPSA) is 49.0 Å². The predicted octanol–water partition coefficient (Wildman–Crippen LogP) is 6.20. The number of carbonyl (C=O) groups excluding carboxylic acids is 1. The van der Waals surface area contributed by atoms with Gasteiger partial charge in [-0.25, -0.2) is 0 Å². The largest absolute Gasteiger partial charge is 0.322 e. The van der Waals surface area contributed by atoms with Gasteiger partial charge in [0.05, 0.1) is 11.7 Å². The first-order valence-corrected chi connectivity index (χ1v) is 11.1. The van der Waals surface area contributed by atoms with Crippen molar-refractivity contribution in [1.82, 2.24) is 15.1 Å². The zero-order valence-electron chi connectivity index (χ0n) is 17.4. The summed E-state index contributed by atoms with van der Waals surface area (Å²) in [5.74, 6) is -0.0191. The maximum Gasteiger partial charge on any atom is 0.273 e. The molecule has 1 unspecified atom stereocenters. The van der Waals surface area contributed by atoms with Crippen molar-refractivity contribution in [2.75, 3.05) is 0 Å². The first-order valence-electron chi connectivity index (χ1n) is 10.3. The molecule has 3 aromatic carbocycles. The van der Waals surface area contributed by atoms with Gasteiger partial charge < -0.3 is 4.90 Å². The van der Waals surface area contributed by atoms with Gasteiger partial charge in [-0.3, -0.25) is 9.89 Å². The quantitative estimate of drug-likeness (QED) is 0.385. The number of amides is 1. The van der Waals surface area contributed by atoms with E-state index in [1.165, 1.54) is 11.1 Å². The summed E-state index contributed by atoms with van der Waals surface area (Å²) in [6, 6.07) is 24.6. The van der Waals surface area contributed by atoms with Crippen LogP contribution in [0.1, 0.15) is 44.3 Å². The fourth-order valence-electron chi connectivity index (χ4n) is 4.17. The van der Waals surface area contributed by atoms with E-state index in [0.717, 1.165) is 32.4 Å². The number of hydrogen-bond acceptors (Lipinski definition) is 2. The van der Waals surface area contributed by atoms with E-state index in [9.17, 15) is 4.79 Å². The van der Waals surface area contributed by atoms with Crippen molar-refractivity contribution in [3.05, 3.63) is 111 Å². The zero-order chi connectivity index (χ0) is 21.5. The average Bonchev–Trinajstić information content (AvgIpc) is 3.31. The highest BCUT2D eigenvalue weighted by atomic mass is 79.9. The van der Waals surface area contributed by atoms with Gasteiger partial charge in [-0.05, 0) is 37.1 Å². The highest BCUT2D eigenvalue weighted by molar-refractivity contribution is 9.10. The summed E-state index contributed by atoms with van der Waals surface area (Å²) in [7, 11) is 0. The van der Waals surface area contributed by atoms with Crippen molar-refractivity contribution in [2.45, 2.75) is 26.4 Å². The highest BCUT2D eigenvalue weighted by Gasteiger charge is 2.42. The van der Waals surface area contributed by atoms with Gasteiger partial charge in [-0.15, -0.1) is 0 Å². The Bertz CT molecular complexity index is 1240. The Morgan fingerprint density at radius 3 is 2.16 bits per heavy atom. The molecule has 0 spiro atoms. The fraction of sp³-hybridized carbons (Fsp3) is 0.154. The average molecular weight is 472 g/mol. The van der Waals surface area contributed by atoms with Crippen LogP contribution in [0, 0.1) is 13.8 Å². The molecule has 154 valence electrons. The molecule has 0 aliphatic carbocycles. The van der Waals surface area contributed by atoms with E-state index in [2.05, 4.69) is 101 Å². The second kappa shape index (κ2) is 7.82. The Hall–Kier alpha value is -3.18. The van der Waals surface area contributed by atoms with Crippen molar-refractivity contribution in [2.24, 2.45) is 0 Å². The molecule has 4 aromatic rings. The lowest BCUT2D eigenvalue weighted by molar-refractivity contribution is 0.0730. The van der Waals surface area contributed by atoms with E-state index in [1.807, 2.05) is 17.0 Å². The SMILES string of the molecule is Cc1ccc(CN2C(=O)c3[nH]nc(-c4ccc(C)cc4)c3C2c2ccc(Br)cc2)cc1. The Balaban J connectivity index is 1.63. The minimum atomic E-state index is -0.202. The summed E-state index contributed by atoms with van der Waals surface area (Å²) in [5.41, 5.74) is 7.94. The second-order valence-corrected chi connectivity index (χ2v) is 9.02. The third kappa shape index (κ3) is 3.59. The predicted molar refractivity (Wildman–Crippen MR) is 126 cm³/mol. The van der Waals surface area contributed by atoms with Crippen LogP contribution in [-0.2, 0) is 6.54 Å². The summed E-state index contributed by atoms with van der Waals surface area (Å²) in [6.07, 6.45) is 0. The zero-order valence-corrected chi connectivity index (χ0v) is 19.0. The van der Waals surface area contributed by atoms with Gasteiger partial charge in [-0.1, -0.05) is 87.7 Å². The van der Waals surface area contributed by atoms with Crippen LogP contribution in [0.25, 0.3) is 11.3 Å². The Kier molecular flexibility index (Phi) is 4.98. The van der Waals surface area contributed by atoms with Crippen molar-refractivity contribution in [1.29, 1.82) is 0 Å². The van der Waals surface area contributed by atoms with Crippen molar-refractivity contribution in [3.8, 4) is 11.3 Å². The molecule has 1 atom stereocenters. The van der Waals surface area contributed by atoms with Gasteiger partial charge in [0.2, 0.25) is 0 Å². The number of H-pyrrole nitrogens is 1. The third-order valence-electron chi connectivity index (χ3n) is 5.85. The smallest absolute Gasteiger partial charge is 0.273 e. The molecule has 1 amide bonds. The summed E-state index contributed by atoms with van der Waals surface area (Å²) in [5, 5.41) is 7.59. The number of carbonyl (C=O) groups is 1. The molecule has 0 radical (unpaired) electrons. The van der Waals surface area contributed by atoms with Crippen LogP contribution in [0.3, 0.4) is 0 Å². The van der Waals surface area contributed by atoms with Crippen molar-refractivity contribution >= 4 is 21.8 Å². The van der Waals surface area contributed by atoms with Crippen LogP contribution in [-0.4, -0.2) is 21.0 Å². The molecule has 5 heteroatoms. The molecule has 0 fully saturated rings. The first kappa shape index (κ1) is 19.8. The van der Waals surface area contributed by atoms with Gasteiger partial charge in [0.15, 0.2) is 0 Å². The number of nitrogens with zero attached hydrogens (tertiary/aromatic N) is 2. The van der Waals surface area contributed by atoms with Crippen LogP contribution >= 0.6 is 15.9 Å². The van der Waals surface area contributed by atoms with Gasteiger partial charge in [0.25, 0.3) is 5.91 Å². The molecule has 0 saturated heterocycles. The normalized spacial score (nSPS) is 15.4. The lowest BCUT2D eigenvalue weighted by Crippen LogP contribution is -2.29. The van der Waals surface area contributed by atoms with Crippen LogP contribution in [0.4, 0.5) is 0 Å².